The van der Waals surface area contributed by atoms with Gasteiger partial charge < -0.3 is 19.7 Å². The zero-order valence-electron chi connectivity index (χ0n) is 28.2. The van der Waals surface area contributed by atoms with E-state index in [0.29, 0.717) is 0 Å². The normalized spacial score (nSPS) is 10.8. The van der Waals surface area contributed by atoms with Crippen LogP contribution in [0.2, 0.25) is 0 Å². The highest BCUT2D eigenvalue weighted by Gasteiger charge is 2.29. The fraction of sp³-hybridized carbons (Fsp3) is 0.143. The smallest absolute Gasteiger partial charge is 0.166 e. The predicted octanol–water partition coefficient (Wildman–Crippen LogP) is 9.75. The minimum absolute atomic E-state index is 0.00137. The van der Waals surface area contributed by atoms with Crippen LogP contribution in [-0.4, -0.2) is 49.2 Å². The lowest BCUT2D eigenvalue weighted by Crippen LogP contribution is -2.06. The minimum atomic E-state index is -0.272. The Labute approximate surface area is 310 Å². The summed E-state index contributed by atoms with van der Waals surface area (Å²) in [4.78, 5) is 10.2. The summed E-state index contributed by atoms with van der Waals surface area (Å²) in [6.45, 7) is 0.574. The highest BCUT2D eigenvalue weighted by molar-refractivity contribution is 7.99. The van der Waals surface area contributed by atoms with Gasteiger partial charge in [-0.2, -0.15) is 0 Å². The van der Waals surface area contributed by atoms with Gasteiger partial charge in [0.05, 0.1) is 35.0 Å². The van der Waals surface area contributed by atoms with Gasteiger partial charge in [0.2, 0.25) is 0 Å². The van der Waals surface area contributed by atoms with Crippen LogP contribution in [0.3, 0.4) is 0 Å². The van der Waals surface area contributed by atoms with Gasteiger partial charge in [0, 0.05) is 9.79 Å². The second kappa shape index (κ2) is 20.2. The third kappa shape index (κ3) is 10.6. The van der Waals surface area contributed by atoms with Crippen LogP contribution in [0.4, 0.5) is 0 Å². The van der Waals surface area contributed by atoms with Crippen LogP contribution < -0.4 is 9.47 Å². The van der Waals surface area contributed by atoms with Crippen molar-refractivity contribution in [2.24, 2.45) is 0 Å². The molecule has 50 heavy (non-hydrogen) atoms. The van der Waals surface area contributed by atoms with Gasteiger partial charge in [0.15, 0.2) is 29.4 Å². The molecule has 0 atom stereocenters. The molecule has 6 rings (SSSR count). The molecule has 0 spiro atoms. The molecule has 8 heteroatoms. The monoisotopic (exact) mass is 738 g/mol. The van der Waals surface area contributed by atoms with Crippen molar-refractivity contribution in [2.45, 2.75) is 39.2 Å². The van der Waals surface area contributed by atoms with E-state index in [4.69, 9.17) is 19.7 Å². The van der Waals surface area contributed by atoms with Crippen LogP contribution in [0.1, 0.15) is 0 Å². The van der Waals surface area contributed by atoms with Crippen molar-refractivity contribution >= 4 is 45.3 Å². The molecule has 0 saturated heterocycles. The van der Waals surface area contributed by atoms with Gasteiger partial charge in [-0.05, 0) is 134 Å². The summed E-state index contributed by atoms with van der Waals surface area (Å²) >= 11 is 3.51. The SMILES string of the molecule is CSc1ccc([S+](c2ccc(OCCO)cc2)c2ccc(OCCO)cc2)cc1.CSc1ccc([S+](c2ccccc2)c2ccccc2)cc1. The van der Waals surface area contributed by atoms with Gasteiger partial charge in [0.1, 0.15) is 24.7 Å². The van der Waals surface area contributed by atoms with E-state index in [1.54, 1.807) is 23.5 Å². The van der Waals surface area contributed by atoms with Gasteiger partial charge in [-0.1, -0.05) is 36.4 Å². The highest BCUT2D eigenvalue weighted by atomic mass is 32.2. The molecule has 256 valence electrons. The Balaban J connectivity index is 0.000000204. The molecule has 0 radical (unpaired) electrons. The van der Waals surface area contributed by atoms with Crippen molar-refractivity contribution < 1.29 is 19.7 Å². The number of ether oxygens (including phenoxy) is 2. The molecule has 6 aromatic rings. The second-order valence-corrected chi connectivity index (χ2v) is 16.5. The van der Waals surface area contributed by atoms with E-state index in [2.05, 4.69) is 146 Å². The highest BCUT2D eigenvalue weighted by Crippen LogP contribution is 2.34. The van der Waals surface area contributed by atoms with Crippen LogP contribution in [0, 0.1) is 0 Å². The number of benzene rings is 6. The van der Waals surface area contributed by atoms with E-state index in [-0.39, 0.29) is 48.2 Å². The molecule has 0 amide bonds. The third-order valence-electron chi connectivity index (χ3n) is 7.39. The summed E-state index contributed by atoms with van der Waals surface area (Å²) in [7, 11) is -0.306. The van der Waals surface area contributed by atoms with E-state index < -0.39 is 0 Å². The lowest BCUT2D eigenvalue weighted by molar-refractivity contribution is 0.201. The molecule has 6 aromatic carbocycles. The first-order valence-corrected chi connectivity index (χ1v) is 21.1. The van der Waals surface area contributed by atoms with Crippen molar-refractivity contribution in [1.29, 1.82) is 0 Å². The number of hydrogen-bond acceptors (Lipinski definition) is 6. The Kier molecular flexibility index (Phi) is 15.1. The number of hydrogen-bond donors (Lipinski definition) is 2. The van der Waals surface area contributed by atoms with Crippen molar-refractivity contribution in [3.05, 3.63) is 158 Å². The van der Waals surface area contributed by atoms with Crippen LogP contribution in [-0.2, 0) is 21.8 Å². The second-order valence-electron chi connectivity index (χ2n) is 10.7. The molecule has 0 heterocycles. The minimum Gasteiger partial charge on any atom is -0.491 e. The summed E-state index contributed by atoms with van der Waals surface area (Å²) in [6.07, 6.45) is 4.19. The lowest BCUT2D eigenvalue weighted by atomic mass is 10.3. The Morgan fingerprint density at radius 1 is 0.400 bits per heavy atom. The van der Waals surface area contributed by atoms with E-state index in [1.807, 2.05) is 24.3 Å². The van der Waals surface area contributed by atoms with Crippen LogP contribution in [0.5, 0.6) is 11.5 Å². The number of thioether (sulfide) groups is 2. The average Bonchev–Trinajstić information content (AvgIpc) is 3.19. The van der Waals surface area contributed by atoms with Crippen LogP contribution >= 0.6 is 23.5 Å². The molecule has 0 aliphatic rings. The number of aliphatic hydroxyl groups excluding tert-OH is 2. The Hall–Kier alpha value is -3.76. The Bertz CT molecular complexity index is 1730. The quantitative estimate of drug-likeness (QED) is 0.0858. The van der Waals surface area contributed by atoms with Gasteiger partial charge in [-0.3, -0.25) is 0 Å². The number of rotatable bonds is 14. The predicted molar refractivity (Wildman–Crippen MR) is 212 cm³/mol. The van der Waals surface area contributed by atoms with Crippen molar-refractivity contribution in [3.8, 4) is 11.5 Å². The maximum Gasteiger partial charge on any atom is 0.166 e. The van der Waals surface area contributed by atoms with Crippen LogP contribution in [0.25, 0.3) is 0 Å². The summed E-state index contributed by atoms with van der Waals surface area (Å²) in [5.41, 5.74) is 0. The maximum absolute atomic E-state index is 8.94. The molecular weight excluding hydrogens is 697 g/mol. The largest absolute Gasteiger partial charge is 0.491 e. The fourth-order valence-corrected chi connectivity index (χ4v) is 9.97. The first kappa shape index (κ1) is 37.5. The van der Waals surface area contributed by atoms with E-state index in [9.17, 15) is 0 Å². The maximum atomic E-state index is 8.94. The molecule has 0 aromatic heterocycles. The molecule has 0 unspecified atom stereocenters. The summed E-state index contributed by atoms with van der Waals surface area (Å²) in [5.74, 6) is 1.49. The standard InChI is InChI=1S/C23H25O4S2.C19H17S2/c1-28-20-6-12-23(13-7-20)29(21-8-2-18(3-9-21)26-16-14-24)22-10-4-19(5-11-22)27-17-15-25;1-20-16-12-14-19(15-13-16)21(17-8-4-2-5-9-17)18-10-6-3-7-11-18/h2-13,24-25H,14-17H2,1H3;2-15H,1H3/q2*+1. The third-order valence-corrected chi connectivity index (χ3v) is 13.3. The van der Waals surface area contributed by atoms with Crippen molar-refractivity contribution in [3.63, 3.8) is 0 Å². The van der Waals surface area contributed by atoms with Crippen molar-refractivity contribution in [1.82, 2.24) is 0 Å². The summed E-state index contributed by atoms with van der Waals surface area (Å²) in [5, 5.41) is 17.9. The average molecular weight is 739 g/mol. The fourth-order valence-electron chi connectivity index (χ4n) is 5.02. The topological polar surface area (TPSA) is 58.9 Å². The van der Waals surface area contributed by atoms with Crippen LogP contribution in [0.15, 0.2) is 197 Å². The Morgan fingerprint density at radius 3 is 0.960 bits per heavy atom. The first-order chi connectivity index (χ1) is 24.6. The first-order valence-electron chi connectivity index (χ1n) is 16.2. The molecule has 2 N–H and O–H groups in total. The zero-order valence-corrected chi connectivity index (χ0v) is 31.4. The molecule has 0 saturated carbocycles. The van der Waals surface area contributed by atoms with Gasteiger partial charge in [-0.25, -0.2) is 0 Å². The lowest BCUT2D eigenvalue weighted by Gasteiger charge is -2.11. The molecular formula is C42H42O4S4+2. The molecule has 0 fully saturated rings. The summed E-state index contributed by atoms with van der Waals surface area (Å²) in [6, 6.07) is 55.2. The van der Waals surface area contributed by atoms with E-state index >= 15 is 0 Å². The number of aliphatic hydroxyl groups is 2. The van der Waals surface area contributed by atoms with Gasteiger partial charge in [0.25, 0.3) is 0 Å². The van der Waals surface area contributed by atoms with E-state index in [1.165, 1.54) is 39.2 Å². The van der Waals surface area contributed by atoms with E-state index in [0.717, 1.165) is 11.5 Å². The molecule has 4 nitrogen and oxygen atoms in total. The van der Waals surface area contributed by atoms with Gasteiger partial charge in [-0.15, -0.1) is 23.5 Å². The van der Waals surface area contributed by atoms with Crippen molar-refractivity contribution in [2.75, 3.05) is 38.9 Å². The van der Waals surface area contributed by atoms with Gasteiger partial charge >= 0.3 is 0 Å². The molecule has 0 bridgehead atoms. The molecule has 0 aliphatic carbocycles. The zero-order chi connectivity index (χ0) is 35.0. The Morgan fingerprint density at radius 2 is 0.680 bits per heavy atom. The summed E-state index contributed by atoms with van der Waals surface area (Å²) < 4.78 is 11.0. The molecule has 0 aliphatic heterocycles.